The summed E-state index contributed by atoms with van der Waals surface area (Å²) >= 11 is 0. The monoisotopic (exact) mass is 256 g/mol. The number of anilines is 1. The third-order valence-corrected chi connectivity index (χ3v) is 3.53. The van der Waals surface area contributed by atoms with Gasteiger partial charge in [-0.2, -0.15) is 0 Å². The van der Waals surface area contributed by atoms with Gasteiger partial charge in [-0.3, -0.25) is 4.79 Å². The SMILES string of the molecule is Cc1cccc(NC(=O)Cc2cc(C)n(C)c2C)c1. The van der Waals surface area contributed by atoms with Crippen LogP contribution in [0.15, 0.2) is 30.3 Å². The molecule has 0 radical (unpaired) electrons. The predicted octanol–water partition coefficient (Wildman–Crippen LogP) is 3.13. The van der Waals surface area contributed by atoms with Crippen molar-refractivity contribution in [3.05, 3.63) is 52.8 Å². The normalized spacial score (nSPS) is 10.5. The summed E-state index contributed by atoms with van der Waals surface area (Å²) < 4.78 is 2.11. The quantitative estimate of drug-likeness (QED) is 0.899. The summed E-state index contributed by atoms with van der Waals surface area (Å²) in [5, 5.41) is 2.94. The van der Waals surface area contributed by atoms with E-state index in [9.17, 15) is 4.79 Å². The molecule has 0 spiro atoms. The van der Waals surface area contributed by atoms with E-state index in [0.717, 1.165) is 22.5 Å². The van der Waals surface area contributed by atoms with Gasteiger partial charge in [0.25, 0.3) is 0 Å². The van der Waals surface area contributed by atoms with Crippen LogP contribution in [0.3, 0.4) is 0 Å². The number of carbonyl (C=O) groups excluding carboxylic acids is 1. The van der Waals surface area contributed by atoms with Gasteiger partial charge in [-0.15, -0.1) is 0 Å². The van der Waals surface area contributed by atoms with Crippen LogP contribution in [0.1, 0.15) is 22.5 Å². The summed E-state index contributed by atoms with van der Waals surface area (Å²) in [5.41, 5.74) is 5.41. The van der Waals surface area contributed by atoms with Crippen LogP contribution < -0.4 is 5.32 Å². The highest BCUT2D eigenvalue weighted by Crippen LogP contribution is 2.15. The van der Waals surface area contributed by atoms with Crippen molar-refractivity contribution in [2.24, 2.45) is 7.05 Å². The fourth-order valence-corrected chi connectivity index (χ4v) is 2.21. The number of benzene rings is 1. The van der Waals surface area contributed by atoms with E-state index < -0.39 is 0 Å². The first-order valence-electron chi connectivity index (χ1n) is 6.45. The lowest BCUT2D eigenvalue weighted by molar-refractivity contribution is -0.115. The molecule has 0 aliphatic carbocycles. The highest BCUT2D eigenvalue weighted by Gasteiger charge is 2.10. The van der Waals surface area contributed by atoms with Crippen molar-refractivity contribution in [1.82, 2.24) is 4.57 Å². The number of carbonyl (C=O) groups is 1. The Morgan fingerprint density at radius 2 is 1.95 bits per heavy atom. The van der Waals surface area contributed by atoms with Crippen LogP contribution in [0.2, 0.25) is 0 Å². The van der Waals surface area contributed by atoms with Gasteiger partial charge in [-0.05, 0) is 50.1 Å². The molecule has 1 aromatic carbocycles. The standard InChI is InChI=1S/C16H20N2O/c1-11-6-5-7-15(8-11)17-16(19)10-14-9-12(2)18(4)13(14)3/h5-9H,10H2,1-4H3,(H,17,19). The summed E-state index contributed by atoms with van der Waals surface area (Å²) in [6, 6.07) is 9.92. The van der Waals surface area contributed by atoms with E-state index in [4.69, 9.17) is 0 Å². The fraction of sp³-hybridized carbons (Fsp3) is 0.312. The van der Waals surface area contributed by atoms with Crippen molar-refractivity contribution in [3.63, 3.8) is 0 Å². The lowest BCUT2D eigenvalue weighted by Gasteiger charge is -2.06. The molecule has 1 N–H and O–H groups in total. The molecule has 2 aromatic rings. The Hall–Kier alpha value is -2.03. The molecule has 2 rings (SSSR count). The van der Waals surface area contributed by atoms with E-state index in [1.807, 2.05) is 45.2 Å². The van der Waals surface area contributed by atoms with Crippen molar-refractivity contribution < 1.29 is 4.79 Å². The van der Waals surface area contributed by atoms with Crippen LogP contribution in [-0.2, 0) is 18.3 Å². The number of amides is 1. The summed E-state index contributed by atoms with van der Waals surface area (Å²) in [7, 11) is 2.02. The highest BCUT2D eigenvalue weighted by atomic mass is 16.1. The zero-order valence-electron chi connectivity index (χ0n) is 11.9. The molecule has 3 heteroatoms. The van der Waals surface area contributed by atoms with Crippen LogP contribution >= 0.6 is 0 Å². The number of hydrogen-bond donors (Lipinski definition) is 1. The molecule has 0 saturated carbocycles. The fourth-order valence-electron chi connectivity index (χ4n) is 2.21. The molecule has 0 bridgehead atoms. The summed E-state index contributed by atoms with van der Waals surface area (Å²) in [4.78, 5) is 12.0. The van der Waals surface area contributed by atoms with E-state index in [1.54, 1.807) is 0 Å². The molecule has 0 aliphatic rings. The molecular weight excluding hydrogens is 236 g/mol. The average molecular weight is 256 g/mol. The first kappa shape index (κ1) is 13.4. The van der Waals surface area contributed by atoms with Crippen LogP contribution in [0.4, 0.5) is 5.69 Å². The molecule has 0 fully saturated rings. The van der Waals surface area contributed by atoms with Crippen molar-refractivity contribution in [1.29, 1.82) is 0 Å². The maximum atomic E-state index is 12.0. The van der Waals surface area contributed by atoms with Crippen molar-refractivity contribution in [3.8, 4) is 0 Å². The third kappa shape index (κ3) is 3.05. The number of nitrogens with one attached hydrogen (secondary N) is 1. The van der Waals surface area contributed by atoms with Crippen molar-refractivity contribution in [2.45, 2.75) is 27.2 Å². The Morgan fingerprint density at radius 1 is 1.21 bits per heavy atom. The third-order valence-electron chi connectivity index (χ3n) is 3.53. The maximum absolute atomic E-state index is 12.0. The van der Waals surface area contributed by atoms with Gasteiger partial charge in [0.2, 0.25) is 5.91 Å². The average Bonchev–Trinajstić information content (AvgIpc) is 2.57. The predicted molar refractivity (Wildman–Crippen MR) is 78.4 cm³/mol. The van der Waals surface area contributed by atoms with E-state index in [0.29, 0.717) is 6.42 Å². The zero-order valence-corrected chi connectivity index (χ0v) is 11.9. The van der Waals surface area contributed by atoms with Crippen LogP contribution in [-0.4, -0.2) is 10.5 Å². The number of hydrogen-bond acceptors (Lipinski definition) is 1. The van der Waals surface area contributed by atoms with Crippen LogP contribution in [0.5, 0.6) is 0 Å². The lowest BCUT2D eigenvalue weighted by atomic mass is 10.1. The molecule has 0 atom stereocenters. The maximum Gasteiger partial charge on any atom is 0.228 e. The van der Waals surface area contributed by atoms with Gasteiger partial charge in [0.05, 0.1) is 6.42 Å². The van der Waals surface area contributed by atoms with Gasteiger partial charge in [-0.1, -0.05) is 12.1 Å². The van der Waals surface area contributed by atoms with E-state index in [1.165, 1.54) is 5.69 Å². The minimum atomic E-state index is 0.0271. The Balaban J connectivity index is 2.07. The Bertz CT molecular complexity index is 611. The smallest absolute Gasteiger partial charge is 0.228 e. The van der Waals surface area contributed by atoms with Gasteiger partial charge in [0.1, 0.15) is 0 Å². The molecule has 1 heterocycles. The first-order chi connectivity index (χ1) is 8.97. The molecular formula is C16H20N2O. The molecule has 3 nitrogen and oxygen atoms in total. The van der Waals surface area contributed by atoms with Crippen molar-refractivity contribution >= 4 is 11.6 Å². The molecule has 1 amide bonds. The number of aromatic nitrogens is 1. The second kappa shape index (κ2) is 5.31. The molecule has 0 saturated heterocycles. The topological polar surface area (TPSA) is 34.0 Å². The van der Waals surface area contributed by atoms with Crippen LogP contribution in [0, 0.1) is 20.8 Å². The van der Waals surface area contributed by atoms with Crippen LogP contribution in [0.25, 0.3) is 0 Å². The molecule has 0 unspecified atom stereocenters. The second-order valence-corrected chi connectivity index (χ2v) is 5.05. The largest absolute Gasteiger partial charge is 0.352 e. The van der Waals surface area contributed by atoms with Gasteiger partial charge >= 0.3 is 0 Å². The molecule has 100 valence electrons. The minimum Gasteiger partial charge on any atom is -0.352 e. The van der Waals surface area contributed by atoms with E-state index in [2.05, 4.69) is 22.9 Å². The highest BCUT2D eigenvalue weighted by molar-refractivity contribution is 5.92. The summed E-state index contributed by atoms with van der Waals surface area (Å²) in [6.07, 6.45) is 0.418. The molecule has 19 heavy (non-hydrogen) atoms. The van der Waals surface area contributed by atoms with Gasteiger partial charge in [0.15, 0.2) is 0 Å². The minimum absolute atomic E-state index is 0.0271. The first-order valence-corrected chi connectivity index (χ1v) is 6.45. The number of nitrogens with zero attached hydrogens (tertiary/aromatic N) is 1. The van der Waals surface area contributed by atoms with Gasteiger partial charge in [-0.25, -0.2) is 0 Å². The molecule has 0 aliphatic heterocycles. The van der Waals surface area contributed by atoms with Gasteiger partial charge < -0.3 is 9.88 Å². The zero-order chi connectivity index (χ0) is 14.0. The Kier molecular flexibility index (Phi) is 3.74. The van der Waals surface area contributed by atoms with Gasteiger partial charge in [0, 0.05) is 24.1 Å². The molecule has 1 aromatic heterocycles. The number of rotatable bonds is 3. The van der Waals surface area contributed by atoms with E-state index >= 15 is 0 Å². The summed E-state index contributed by atoms with van der Waals surface area (Å²) in [6.45, 7) is 6.11. The lowest BCUT2D eigenvalue weighted by Crippen LogP contribution is -2.14. The van der Waals surface area contributed by atoms with Crippen molar-refractivity contribution in [2.75, 3.05) is 5.32 Å². The van der Waals surface area contributed by atoms with E-state index in [-0.39, 0.29) is 5.91 Å². The number of aryl methyl sites for hydroxylation is 2. The Morgan fingerprint density at radius 3 is 2.53 bits per heavy atom. The second-order valence-electron chi connectivity index (χ2n) is 5.05. The Labute approximate surface area is 114 Å². The summed E-state index contributed by atoms with van der Waals surface area (Å²) in [5.74, 6) is 0.0271.